The Bertz CT molecular complexity index is 534. The van der Waals surface area contributed by atoms with E-state index in [1.165, 1.54) is 0 Å². The summed E-state index contributed by atoms with van der Waals surface area (Å²) in [5.41, 5.74) is -2.13. The van der Waals surface area contributed by atoms with E-state index < -0.39 is 20.7 Å². The van der Waals surface area contributed by atoms with Crippen LogP contribution in [-0.2, 0) is 9.13 Å². The minimum atomic E-state index is -5.37. The second-order valence-corrected chi connectivity index (χ2v) is 7.57. The Morgan fingerprint density at radius 3 is 1.75 bits per heavy atom. The Morgan fingerprint density at radius 1 is 1.04 bits per heavy atom. The van der Waals surface area contributed by atoms with Crippen LogP contribution >= 0.6 is 27.4 Å². The Labute approximate surface area is 187 Å². The zero-order valence-corrected chi connectivity index (χ0v) is 19.4. The largest absolute Gasteiger partial charge is 1.00 e. The number of hydrogen-bond donors (Lipinski definition) is 4. The standard InChI is InChI=1S/C8H12N2O6P2S.2Na.3H2O/c11-17(12,13)8(18(14,15)16)10-7(19)9-6-4-2-1-3-5-6;;;;;/h1-5,8H,(H2,9,10,19)(H2,11,12,13)(H2,14,15,16);;;3*1H2/q;;+1;;;/p-2. The summed E-state index contributed by atoms with van der Waals surface area (Å²) < 4.78 is 21.7. The van der Waals surface area contributed by atoms with Crippen molar-refractivity contribution in [2.75, 3.05) is 5.32 Å². The second-order valence-electron chi connectivity index (χ2n) is 3.47. The maximum atomic E-state index is 10.9. The molecule has 1 radical (unpaired) electrons. The van der Waals surface area contributed by atoms with Gasteiger partial charge in [-0.05, 0) is 24.4 Å². The van der Waals surface area contributed by atoms with Gasteiger partial charge in [0.1, 0.15) is 0 Å². The van der Waals surface area contributed by atoms with Gasteiger partial charge in [-0.1, -0.05) is 18.2 Å². The third kappa shape index (κ3) is 13.3. The van der Waals surface area contributed by atoms with Crippen LogP contribution in [0.1, 0.15) is 0 Å². The van der Waals surface area contributed by atoms with E-state index in [1.54, 1.807) is 30.3 Å². The number of benzene rings is 1. The average Bonchev–Trinajstić information content (AvgIpc) is 2.24. The number of rotatable bonds is 4. The molecule has 0 aliphatic heterocycles. The number of para-hydroxylation sites is 1. The third-order valence-corrected chi connectivity index (χ3v) is 5.38. The predicted molar refractivity (Wildman–Crippen MR) is 85.8 cm³/mol. The van der Waals surface area contributed by atoms with Crippen LogP contribution in [0.3, 0.4) is 0 Å². The number of anilines is 1. The topological polar surface area (TPSA) is 239 Å². The van der Waals surface area contributed by atoms with Crippen molar-refractivity contribution >= 4 is 67.8 Å². The smallest absolute Gasteiger partial charge is 0.777 e. The van der Waals surface area contributed by atoms with Crippen LogP contribution in [0.25, 0.3) is 0 Å². The first kappa shape index (κ1) is 36.1. The summed E-state index contributed by atoms with van der Waals surface area (Å²) in [4.78, 5) is 39.2. The van der Waals surface area contributed by atoms with Crippen molar-refractivity contribution in [1.29, 1.82) is 0 Å². The van der Waals surface area contributed by atoms with Gasteiger partial charge in [0.05, 0.1) is 0 Å². The first-order valence-electron chi connectivity index (χ1n) is 4.80. The summed E-state index contributed by atoms with van der Waals surface area (Å²) in [5, 5.41) is 3.93. The monoisotopic (exact) mass is 424 g/mol. The van der Waals surface area contributed by atoms with E-state index in [4.69, 9.17) is 9.79 Å². The fourth-order valence-electron chi connectivity index (χ4n) is 1.15. The molecule has 0 aromatic heterocycles. The molecule has 0 amide bonds. The zero-order chi connectivity index (χ0) is 14.7. The van der Waals surface area contributed by atoms with Gasteiger partial charge in [0.2, 0.25) is 0 Å². The Balaban J connectivity index is -0.000000241. The first-order valence-corrected chi connectivity index (χ1v) is 8.50. The molecule has 2 atom stereocenters. The maximum absolute atomic E-state index is 10.9. The molecule has 0 bridgehead atoms. The fourth-order valence-corrected chi connectivity index (χ4v) is 3.62. The quantitative estimate of drug-likeness (QED) is 0.204. The molecule has 0 saturated carbocycles. The fraction of sp³-hybridized carbons (Fsp3) is 0.125. The molecule has 2 unspecified atom stereocenters. The van der Waals surface area contributed by atoms with Gasteiger partial charge in [-0.25, -0.2) is 0 Å². The number of nitrogens with one attached hydrogen (secondary N) is 2. The van der Waals surface area contributed by atoms with Gasteiger partial charge < -0.3 is 55.8 Å². The molecule has 1 aromatic rings. The van der Waals surface area contributed by atoms with Gasteiger partial charge >= 0.3 is 29.6 Å². The Morgan fingerprint density at radius 2 is 1.42 bits per heavy atom. The Hall–Kier alpha value is 1.09. The van der Waals surface area contributed by atoms with Crippen molar-refractivity contribution < 1.29 is 74.7 Å². The third-order valence-electron chi connectivity index (χ3n) is 1.91. The molecule has 0 heterocycles. The van der Waals surface area contributed by atoms with E-state index in [9.17, 15) is 18.9 Å². The molecule has 1 rings (SSSR count). The summed E-state index contributed by atoms with van der Waals surface area (Å²) in [6.45, 7) is 0. The molecule has 24 heavy (non-hydrogen) atoms. The van der Waals surface area contributed by atoms with E-state index in [0.29, 0.717) is 5.69 Å². The summed E-state index contributed by atoms with van der Waals surface area (Å²) in [5.74, 6) is 0. The van der Waals surface area contributed by atoms with Crippen molar-refractivity contribution in [3.8, 4) is 0 Å². The van der Waals surface area contributed by atoms with Crippen molar-refractivity contribution in [3.63, 3.8) is 0 Å². The van der Waals surface area contributed by atoms with Crippen molar-refractivity contribution in [2.45, 2.75) is 5.52 Å². The summed E-state index contributed by atoms with van der Waals surface area (Å²) in [6.07, 6.45) is 0. The molecule has 11 nitrogen and oxygen atoms in total. The molecule has 16 heteroatoms. The Kier molecular flexibility index (Phi) is 22.8. The molecule has 0 fully saturated rings. The molecule has 0 aliphatic rings. The molecule has 0 spiro atoms. The zero-order valence-electron chi connectivity index (χ0n) is 12.8. The van der Waals surface area contributed by atoms with E-state index in [1.807, 2.05) is 5.32 Å². The van der Waals surface area contributed by atoms with E-state index in [-0.39, 0.29) is 80.7 Å². The van der Waals surface area contributed by atoms with Crippen LogP contribution in [0.4, 0.5) is 5.69 Å². The van der Waals surface area contributed by atoms with Crippen LogP contribution in [0.2, 0.25) is 0 Å². The summed E-state index contributed by atoms with van der Waals surface area (Å²) >= 11 is 4.69. The van der Waals surface area contributed by atoms with Gasteiger partial charge in [-0.3, -0.25) is 0 Å². The van der Waals surface area contributed by atoms with E-state index in [0.717, 1.165) is 0 Å². The SMILES string of the molecule is O.O.O.O=P([O-])(O)C(NC(=S)Nc1ccccc1)P(=O)([O-])O.[Na+].[Na]. The van der Waals surface area contributed by atoms with Crippen LogP contribution in [0.5, 0.6) is 0 Å². The average molecular weight is 424 g/mol. The van der Waals surface area contributed by atoms with Gasteiger partial charge in [-0.15, -0.1) is 0 Å². The van der Waals surface area contributed by atoms with Crippen molar-refractivity contribution in [3.05, 3.63) is 30.3 Å². The molecule has 0 aliphatic carbocycles. The number of thiocarbonyl (C=S) groups is 1. The molecular formula is C8H16N2Na2O9P2S-. The molecule has 10 N–H and O–H groups in total. The molecule has 1 aromatic carbocycles. The first-order chi connectivity index (χ1) is 8.60. The van der Waals surface area contributed by atoms with Crippen LogP contribution < -0.4 is 50.0 Å². The second kappa shape index (κ2) is 15.2. The minimum absolute atomic E-state index is 0. The van der Waals surface area contributed by atoms with Gasteiger partial charge in [-0.2, -0.15) is 0 Å². The van der Waals surface area contributed by atoms with E-state index in [2.05, 4.69) is 17.5 Å². The summed E-state index contributed by atoms with van der Waals surface area (Å²) in [6, 6.07) is 8.24. The normalized spacial score (nSPS) is 14.8. The van der Waals surface area contributed by atoms with Crippen molar-refractivity contribution in [2.24, 2.45) is 0 Å². The van der Waals surface area contributed by atoms with Crippen molar-refractivity contribution in [1.82, 2.24) is 5.32 Å². The maximum Gasteiger partial charge on any atom is 1.00 e. The van der Waals surface area contributed by atoms with Gasteiger partial charge in [0, 0.05) is 35.2 Å². The van der Waals surface area contributed by atoms with Crippen LogP contribution in [-0.4, -0.2) is 66.4 Å². The predicted octanol–water partition coefficient (Wildman–Crippen LogP) is -6.50. The number of hydrogen-bond acceptors (Lipinski definition) is 5. The molecule has 0 saturated heterocycles. The summed E-state index contributed by atoms with van der Waals surface area (Å²) in [7, 11) is -10.7. The van der Waals surface area contributed by atoms with E-state index >= 15 is 0 Å². The molecule has 131 valence electrons. The minimum Gasteiger partial charge on any atom is -0.777 e. The molecular weight excluding hydrogens is 408 g/mol. The van der Waals surface area contributed by atoms with Crippen LogP contribution in [0.15, 0.2) is 30.3 Å². The van der Waals surface area contributed by atoms with Gasteiger partial charge in [0.25, 0.3) is 0 Å². The van der Waals surface area contributed by atoms with Gasteiger partial charge in [0.15, 0.2) is 25.8 Å². The van der Waals surface area contributed by atoms with Crippen LogP contribution in [0, 0.1) is 0 Å².